The molecule has 1 amide bonds. The molecule has 1 aliphatic heterocycles. The SMILES string of the molecule is Nc1ccc(CC(=O)N2CCNC3(CC3)C2)cn1. The number of nitrogens with one attached hydrogen (secondary N) is 1. The zero-order valence-electron chi connectivity index (χ0n) is 10.4. The number of anilines is 1. The molecule has 96 valence electrons. The Morgan fingerprint density at radius 1 is 1.50 bits per heavy atom. The Bertz CT molecular complexity index is 453. The Morgan fingerprint density at radius 3 is 3.00 bits per heavy atom. The summed E-state index contributed by atoms with van der Waals surface area (Å²) in [5.41, 5.74) is 6.70. The zero-order chi connectivity index (χ0) is 12.6. The van der Waals surface area contributed by atoms with E-state index in [1.165, 1.54) is 12.8 Å². The summed E-state index contributed by atoms with van der Waals surface area (Å²) in [6.45, 7) is 2.57. The molecule has 1 aliphatic carbocycles. The predicted octanol–water partition coefficient (Wildman–Crippen LogP) is 0.171. The normalized spacial score (nSPS) is 21.0. The lowest BCUT2D eigenvalue weighted by atomic mass is 10.1. The molecule has 0 bridgehead atoms. The molecule has 18 heavy (non-hydrogen) atoms. The smallest absolute Gasteiger partial charge is 0.227 e. The summed E-state index contributed by atoms with van der Waals surface area (Å²) in [7, 11) is 0. The molecular weight excluding hydrogens is 228 g/mol. The highest BCUT2D eigenvalue weighted by atomic mass is 16.2. The van der Waals surface area contributed by atoms with Gasteiger partial charge < -0.3 is 16.0 Å². The molecule has 1 aromatic rings. The number of nitrogen functional groups attached to an aromatic ring is 1. The Labute approximate surface area is 106 Å². The van der Waals surface area contributed by atoms with Gasteiger partial charge in [0.2, 0.25) is 5.91 Å². The Morgan fingerprint density at radius 2 is 2.33 bits per heavy atom. The molecule has 0 aromatic carbocycles. The molecule has 2 aliphatic rings. The Balaban J connectivity index is 1.62. The van der Waals surface area contributed by atoms with Crippen LogP contribution in [-0.4, -0.2) is 41.0 Å². The first-order valence-electron chi connectivity index (χ1n) is 6.40. The lowest BCUT2D eigenvalue weighted by Gasteiger charge is -2.34. The third kappa shape index (κ3) is 2.31. The highest BCUT2D eigenvalue weighted by Gasteiger charge is 2.46. The summed E-state index contributed by atoms with van der Waals surface area (Å²) >= 11 is 0. The van der Waals surface area contributed by atoms with Crippen molar-refractivity contribution < 1.29 is 4.79 Å². The highest BCUT2D eigenvalue weighted by molar-refractivity contribution is 5.79. The number of pyridine rings is 1. The van der Waals surface area contributed by atoms with Gasteiger partial charge in [0.15, 0.2) is 0 Å². The van der Waals surface area contributed by atoms with E-state index in [2.05, 4.69) is 10.3 Å². The number of hydrogen-bond donors (Lipinski definition) is 2. The number of nitrogens with two attached hydrogens (primary N) is 1. The van der Waals surface area contributed by atoms with Gasteiger partial charge in [-0.15, -0.1) is 0 Å². The maximum absolute atomic E-state index is 12.2. The van der Waals surface area contributed by atoms with Gasteiger partial charge in [-0.25, -0.2) is 4.98 Å². The number of piperazine rings is 1. The molecule has 1 spiro atoms. The van der Waals surface area contributed by atoms with Crippen LogP contribution in [0.2, 0.25) is 0 Å². The summed E-state index contributed by atoms with van der Waals surface area (Å²) in [5.74, 6) is 0.680. The van der Waals surface area contributed by atoms with Crippen LogP contribution in [0.1, 0.15) is 18.4 Å². The summed E-state index contributed by atoms with van der Waals surface area (Å²) in [5, 5.41) is 3.50. The number of aromatic nitrogens is 1. The van der Waals surface area contributed by atoms with Crippen LogP contribution < -0.4 is 11.1 Å². The monoisotopic (exact) mass is 246 g/mol. The summed E-state index contributed by atoms with van der Waals surface area (Å²) in [6.07, 6.45) is 4.49. The number of rotatable bonds is 2. The summed E-state index contributed by atoms with van der Waals surface area (Å²) < 4.78 is 0. The van der Waals surface area contributed by atoms with Crippen LogP contribution in [0.4, 0.5) is 5.82 Å². The third-order valence-electron chi connectivity index (χ3n) is 3.78. The second-order valence-corrected chi connectivity index (χ2v) is 5.29. The second kappa shape index (κ2) is 4.24. The minimum absolute atomic E-state index is 0.189. The van der Waals surface area contributed by atoms with E-state index in [1.807, 2.05) is 11.0 Å². The van der Waals surface area contributed by atoms with Crippen molar-refractivity contribution in [3.8, 4) is 0 Å². The van der Waals surface area contributed by atoms with Crippen LogP contribution in [0, 0.1) is 0 Å². The van der Waals surface area contributed by atoms with Gasteiger partial charge in [0, 0.05) is 31.4 Å². The van der Waals surface area contributed by atoms with Crippen LogP contribution in [0.3, 0.4) is 0 Å². The first kappa shape index (κ1) is 11.5. The van der Waals surface area contributed by atoms with E-state index in [-0.39, 0.29) is 11.4 Å². The topological polar surface area (TPSA) is 71.2 Å². The van der Waals surface area contributed by atoms with Gasteiger partial charge in [-0.1, -0.05) is 6.07 Å². The van der Waals surface area contributed by atoms with Crippen molar-refractivity contribution in [1.82, 2.24) is 15.2 Å². The molecule has 3 N–H and O–H groups in total. The van der Waals surface area contributed by atoms with Crippen LogP contribution in [0.25, 0.3) is 0 Å². The maximum Gasteiger partial charge on any atom is 0.227 e. The van der Waals surface area contributed by atoms with Crippen molar-refractivity contribution in [3.63, 3.8) is 0 Å². The molecule has 1 saturated carbocycles. The lowest BCUT2D eigenvalue weighted by Crippen LogP contribution is -2.54. The second-order valence-electron chi connectivity index (χ2n) is 5.29. The summed E-state index contributed by atoms with van der Waals surface area (Å²) in [4.78, 5) is 18.2. The number of carbonyl (C=O) groups is 1. The molecule has 0 radical (unpaired) electrons. The minimum Gasteiger partial charge on any atom is -0.384 e. The quantitative estimate of drug-likeness (QED) is 0.780. The molecule has 2 heterocycles. The van der Waals surface area contributed by atoms with E-state index in [4.69, 9.17) is 5.73 Å². The summed E-state index contributed by atoms with van der Waals surface area (Å²) in [6, 6.07) is 3.61. The average molecular weight is 246 g/mol. The van der Waals surface area contributed by atoms with Gasteiger partial charge in [0.1, 0.15) is 5.82 Å². The molecule has 1 saturated heterocycles. The Kier molecular flexibility index (Phi) is 2.70. The third-order valence-corrected chi connectivity index (χ3v) is 3.78. The van der Waals surface area contributed by atoms with Crippen LogP contribution in [0.5, 0.6) is 0 Å². The molecule has 0 unspecified atom stereocenters. The van der Waals surface area contributed by atoms with Crippen LogP contribution in [0.15, 0.2) is 18.3 Å². The molecule has 2 fully saturated rings. The van der Waals surface area contributed by atoms with Crippen molar-refractivity contribution in [3.05, 3.63) is 23.9 Å². The molecule has 5 heteroatoms. The van der Waals surface area contributed by atoms with E-state index >= 15 is 0 Å². The van der Waals surface area contributed by atoms with Gasteiger partial charge in [0.05, 0.1) is 6.42 Å². The van der Waals surface area contributed by atoms with Gasteiger partial charge >= 0.3 is 0 Å². The first-order valence-corrected chi connectivity index (χ1v) is 6.40. The predicted molar refractivity (Wildman–Crippen MR) is 68.9 cm³/mol. The largest absolute Gasteiger partial charge is 0.384 e. The van der Waals surface area contributed by atoms with Crippen molar-refractivity contribution in [1.29, 1.82) is 0 Å². The highest BCUT2D eigenvalue weighted by Crippen LogP contribution is 2.37. The zero-order valence-corrected chi connectivity index (χ0v) is 10.4. The maximum atomic E-state index is 12.2. The van der Waals surface area contributed by atoms with Crippen molar-refractivity contribution in [2.45, 2.75) is 24.8 Å². The average Bonchev–Trinajstić information content (AvgIpc) is 3.11. The van der Waals surface area contributed by atoms with Gasteiger partial charge in [-0.3, -0.25) is 4.79 Å². The lowest BCUT2D eigenvalue weighted by molar-refractivity contribution is -0.131. The van der Waals surface area contributed by atoms with E-state index in [0.29, 0.717) is 12.2 Å². The molecule has 0 atom stereocenters. The fraction of sp³-hybridized carbons (Fsp3) is 0.538. The fourth-order valence-electron chi connectivity index (χ4n) is 2.48. The first-order chi connectivity index (χ1) is 8.67. The van der Waals surface area contributed by atoms with E-state index in [9.17, 15) is 4.79 Å². The Hall–Kier alpha value is -1.62. The van der Waals surface area contributed by atoms with Crippen molar-refractivity contribution >= 4 is 11.7 Å². The van der Waals surface area contributed by atoms with Crippen molar-refractivity contribution in [2.24, 2.45) is 0 Å². The fourth-order valence-corrected chi connectivity index (χ4v) is 2.48. The van der Waals surface area contributed by atoms with Crippen LogP contribution in [-0.2, 0) is 11.2 Å². The van der Waals surface area contributed by atoms with E-state index in [1.54, 1.807) is 12.3 Å². The standard InChI is InChI=1S/C13H18N4O/c14-11-2-1-10(8-15-11)7-12(18)17-6-5-16-13(9-17)3-4-13/h1-2,8,16H,3-7,9H2,(H2,14,15). The number of hydrogen-bond acceptors (Lipinski definition) is 4. The number of nitrogens with zero attached hydrogens (tertiary/aromatic N) is 2. The van der Waals surface area contributed by atoms with Gasteiger partial charge in [0.25, 0.3) is 0 Å². The molecule has 3 rings (SSSR count). The number of carbonyl (C=O) groups excluding carboxylic acids is 1. The number of amides is 1. The minimum atomic E-state index is 0.189. The van der Waals surface area contributed by atoms with Gasteiger partial charge in [-0.05, 0) is 24.5 Å². The molecule has 5 nitrogen and oxygen atoms in total. The molecular formula is C13H18N4O. The van der Waals surface area contributed by atoms with Crippen molar-refractivity contribution in [2.75, 3.05) is 25.4 Å². The van der Waals surface area contributed by atoms with Gasteiger partial charge in [-0.2, -0.15) is 0 Å². The molecule has 1 aromatic heterocycles. The van der Waals surface area contributed by atoms with E-state index < -0.39 is 0 Å². The van der Waals surface area contributed by atoms with Crippen LogP contribution >= 0.6 is 0 Å². The van der Waals surface area contributed by atoms with E-state index in [0.717, 1.165) is 25.2 Å².